The van der Waals surface area contributed by atoms with Gasteiger partial charge in [0.05, 0.1) is 29.6 Å². The fourth-order valence-corrected chi connectivity index (χ4v) is 3.55. The summed E-state index contributed by atoms with van der Waals surface area (Å²) in [6, 6.07) is 16.9. The van der Waals surface area contributed by atoms with Crippen LogP contribution in [0.4, 0.5) is 0 Å². The van der Waals surface area contributed by atoms with Crippen molar-refractivity contribution in [1.29, 1.82) is 0 Å². The highest BCUT2D eigenvalue weighted by molar-refractivity contribution is 5.90. The predicted octanol–water partition coefficient (Wildman–Crippen LogP) is 3.99. The SMILES string of the molecule is CCCCc1ncc(CO)n1Cc1ccc2c(ccn2OC(=O)c2ccccc2)c1. The first-order valence-electron chi connectivity index (χ1n) is 10.2. The molecule has 2 aromatic carbocycles. The van der Waals surface area contributed by atoms with Crippen molar-refractivity contribution in [3.8, 4) is 0 Å². The first-order valence-corrected chi connectivity index (χ1v) is 10.2. The molecule has 2 aromatic heterocycles. The van der Waals surface area contributed by atoms with Crippen LogP contribution >= 0.6 is 0 Å². The molecular formula is C24H25N3O3. The quantitative estimate of drug-likeness (QED) is 0.483. The Morgan fingerprint density at radius 3 is 2.73 bits per heavy atom. The van der Waals surface area contributed by atoms with Crippen LogP contribution in [0.15, 0.2) is 67.0 Å². The number of hydrogen-bond donors (Lipinski definition) is 1. The van der Waals surface area contributed by atoms with Gasteiger partial charge in [0, 0.05) is 24.5 Å². The summed E-state index contributed by atoms with van der Waals surface area (Å²) in [6.45, 7) is 2.76. The van der Waals surface area contributed by atoms with Gasteiger partial charge < -0.3 is 14.5 Å². The van der Waals surface area contributed by atoms with Crippen molar-refractivity contribution in [2.24, 2.45) is 0 Å². The van der Waals surface area contributed by atoms with Gasteiger partial charge in [-0.25, -0.2) is 9.78 Å². The molecule has 0 amide bonds. The molecular weight excluding hydrogens is 378 g/mol. The zero-order chi connectivity index (χ0) is 20.9. The lowest BCUT2D eigenvalue weighted by atomic mass is 10.1. The number of carbonyl (C=O) groups is 1. The lowest BCUT2D eigenvalue weighted by Crippen LogP contribution is -2.18. The van der Waals surface area contributed by atoms with E-state index in [0.29, 0.717) is 12.1 Å². The number of rotatable bonds is 8. The molecule has 154 valence electrons. The van der Waals surface area contributed by atoms with Gasteiger partial charge in [0.15, 0.2) is 0 Å². The van der Waals surface area contributed by atoms with E-state index in [1.54, 1.807) is 24.5 Å². The minimum absolute atomic E-state index is 0.0345. The minimum Gasteiger partial charge on any atom is -0.390 e. The molecule has 0 aliphatic carbocycles. The molecule has 4 aromatic rings. The van der Waals surface area contributed by atoms with E-state index in [-0.39, 0.29) is 6.61 Å². The van der Waals surface area contributed by atoms with Crippen LogP contribution in [0.25, 0.3) is 10.9 Å². The van der Waals surface area contributed by atoms with Gasteiger partial charge in [-0.1, -0.05) is 37.6 Å². The molecule has 6 nitrogen and oxygen atoms in total. The zero-order valence-electron chi connectivity index (χ0n) is 17.0. The molecule has 30 heavy (non-hydrogen) atoms. The van der Waals surface area contributed by atoms with E-state index in [2.05, 4.69) is 22.5 Å². The smallest absolute Gasteiger partial charge is 0.363 e. The third-order valence-electron chi connectivity index (χ3n) is 5.19. The summed E-state index contributed by atoms with van der Waals surface area (Å²) in [5, 5.41) is 10.7. The highest BCUT2D eigenvalue weighted by Gasteiger charge is 2.13. The van der Waals surface area contributed by atoms with E-state index in [9.17, 15) is 9.90 Å². The number of benzene rings is 2. The maximum atomic E-state index is 12.4. The molecule has 0 aliphatic heterocycles. The van der Waals surface area contributed by atoms with Crippen LogP contribution in [-0.2, 0) is 19.6 Å². The highest BCUT2D eigenvalue weighted by atomic mass is 16.7. The van der Waals surface area contributed by atoms with Crippen LogP contribution in [0, 0.1) is 0 Å². The molecule has 0 atom stereocenters. The third kappa shape index (κ3) is 4.14. The van der Waals surface area contributed by atoms with E-state index in [0.717, 1.165) is 47.2 Å². The Kier molecular flexibility index (Phi) is 5.95. The molecule has 0 aliphatic rings. The Hall–Kier alpha value is -3.38. The molecule has 1 N–H and O–H groups in total. The number of imidazole rings is 1. The molecule has 0 spiro atoms. The number of nitrogens with zero attached hydrogens (tertiary/aromatic N) is 3. The monoisotopic (exact) mass is 403 g/mol. The first-order chi connectivity index (χ1) is 14.7. The summed E-state index contributed by atoms with van der Waals surface area (Å²) in [4.78, 5) is 22.4. The van der Waals surface area contributed by atoms with Crippen LogP contribution in [-0.4, -0.2) is 25.4 Å². The third-order valence-corrected chi connectivity index (χ3v) is 5.19. The molecule has 0 radical (unpaired) electrons. The highest BCUT2D eigenvalue weighted by Crippen LogP contribution is 2.20. The van der Waals surface area contributed by atoms with Gasteiger partial charge in [-0.2, -0.15) is 4.73 Å². The Morgan fingerprint density at radius 1 is 1.13 bits per heavy atom. The van der Waals surface area contributed by atoms with Crippen molar-refractivity contribution in [1.82, 2.24) is 14.3 Å². The molecule has 0 unspecified atom stereocenters. The van der Waals surface area contributed by atoms with Crippen LogP contribution in [0.3, 0.4) is 0 Å². The number of hydrogen-bond acceptors (Lipinski definition) is 4. The summed E-state index contributed by atoms with van der Waals surface area (Å²) in [7, 11) is 0. The number of fused-ring (bicyclic) bond motifs is 1. The van der Waals surface area contributed by atoms with Gasteiger partial charge in [-0.3, -0.25) is 0 Å². The molecule has 0 bridgehead atoms. The Labute approximate surface area is 175 Å². The van der Waals surface area contributed by atoms with Gasteiger partial charge in [0.25, 0.3) is 0 Å². The Bertz CT molecular complexity index is 1150. The fourth-order valence-electron chi connectivity index (χ4n) is 3.55. The van der Waals surface area contributed by atoms with Crippen molar-refractivity contribution < 1.29 is 14.7 Å². The predicted molar refractivity (Wildman–Crippen MR) is 115 cm³/mol. The normalized spacial score (nSPS) is 11.1. The number of aliphatic hydroxyl groups is 1. The average Bonchev–Trinajstić information content (AvgIpc) is 3.36. The van der Waals surface area contributed by atoms with E-state index < -0.39 is 5.97 Å². The molecule has 6 heteroatoms. The lowest BCUT2D eigenvalue weighted by molar-refractivity contribution is 0.0483. The molecule has 0 saturated carbocycles. The van der Waals surface area contributed by atoms with Crippen molar-refractivity contribution in [3.05, 3.63) is 89.6 Å². The minimum atomic E-state index is -0.399. The summed E-state index contributed by atoms with van der Waals surface area (Å²) >= 11 is 0. The number of unbranched alkanes of at least 4 members (excludes halogenated alkanes) is 1. The van der Waals surface area contributed by atoms with Crippen LogP contribution in [0.5, 0.6) is 0 Å². The van der Waals surface area contributed by atoms with Gasteiger partial charge >= 0.3 is 5.97 Å². The van der Waals surface area contributed by atoms with E-state index in [1.807, 2.05) is 36.4 Å². The maximum absolute atomic E-state index is 12.4. The Balaban J connectivity index is 1.56. The van der Waals surface area contributed by atoms with Crippen molar-refractivity contribution in [2.75, 3.05) is 0 Å². The average molecular weight is 403 g/mol. The van der Waals surface area contributed by atoms with Gasteiger partial charge in [-0.05, 0) is 42.3 Å². The van der Waals surface area contributed by atoms with E-state index in [1.165, 1.54) is 4.73 Å². The molecule has 4 rings (SSSR count). The maximum Gasteiger partial charge on any atom is 0.363 e. The van der Waals surface area contributed by atoms with Crippen molar-refractivity contribution >= 4 is 16.9 Å². The molecule has 0 fully saturated rings. The van der Waals surface area contributed by atoms with Crippen LogP contribution in [0.1, 0.15) is 47.2 Å². The fraction of sp³-hybridized carbons (Fsp3) is 0.250. The number of carbonyl (C=O) groups excluding carboxylic acids is 1. The zero-order valence-corrected chi connectivity index (χ0v) is 17.0. The van der Waals surface area contributed by atoms with E-state index >= 15 is 0 Å². The molecule has 0 saturated heterocycles. The first kappa shape index (κ1) is 19.9. The van der Waals surface area contributed by atoms with Gasteiger partial charge in [-0.15, -0.1) is 0 Å². The standard InChI is InChI=1S/C24H25N3O3/c1-2-3-9-23-25-15-21(17-28)26(23)16-18-10-11-22-20(14-18)12-13-27(22)30-24(29)19-7-5-4-6-8-19/h4-8,10-15,28H,2-3,9,16-17H2,1H3. The van der Waals surface area contributed by atoms with E-state index in [4.69, 9.17) is 4.84 Å². The number of aliphatic hydroxyl groups excluding tert-OH is 1. The van der Waals surface area contributed by atoms with Gasteiger partial charge in [0.2, 0.25) is 0 Å². The number of aromatic nitrogens is 3. The van der Waals surface area contributed by atoms with Crippen molar-refractivity contribution in [3.63, 3.8) is 0 Å². The number of aryl methyl sites for hydroxylation is 1. The largest absolute Gasteiger partial charge is 0.390 e. The second kappa shape index (κ2) is 8.97. The van der Waals surface area contributed by atoms with Crippen LogP contribution < -0.4 is 4.84 Å². The second-order valence-corrected chi connectivity index (χ2v) is 7.29. The summed E-state index contributed by atoms with van der Waals surface area (Å²) in [5.41, 5.74) is 3.24. The van der Waals surface area contributed by atoms with Gasteiger partial charge in [0.1, 0.15) is 5.82 Å². The topological polar surface area (TPSA) is 69.3 Å². The summed E-state index contributed by atoms with van der Waals surface area (Å²) < 4.78 is 3.58. The lowest BCUT2D eigenvalue weighted by Gasteiger charge is -2.12. The Morgan fingerprint density at radius 2 is 1.97 bits per heavy atom. The summed E-state index contributed by atoms with van der Waals surface area (Å²) in [6.07, 6.45) is 6.56. The second-order valence-electron chi connectivity index (χ2n) is 7.29. The molecule has 2 heterocycles. The summed E-state index contributed by atoms with van der Waals surface area (Å²) in [5.74, 6) is 0.596. The van der Waals surface area contributed by atoms with Crippen molar-refractivity contribution in [2.45, 2.75) is 39.3 Å². The van der Waals surface area contributed by atoms with Crippen LogP contribution in [0.2, 0.25) is 0 Å².